The molecule has 0 bridgehead atoms. The number of thiophene rings is 1. The number of tetrazole rings is 1. The fourth-order valence-corrected chi connectivity index (χ4v) is 3.04. The van der Waals surface area contributed by atoms with Gasteiger partial charge in [0.2, 0.25) is 0 Å². The Morgan fingerprint density at radius 2 is 2.17 bits per heavy atom. The van der Waals surface area contributed by atoms with E-state index in [1.54, 1.807) is 18.6 Å². The topological polar surface area (TPSA) is 90.5 Å². The van der Waals surface area contributed by atoms with E-state index in [0.29, 0.717) is 16.3 Å². The molecule has 0 aliphatic carbocycles. The number of carbonyl (C=O) groups is 1. The second-order valence-electron chi connectivity index (χ2n) is 4.86. The fourth-order valence-electron chi connectivity index (χ4n) is 2.27. The van der Waals surface area contributed by atoms with Crippen LogP contribution in [0.5, 0.6) is 0 Å². The number of nitrogens with one attached hydrogen (secondary N) is 1. The van der Waals surface area contributed by atoms with Crippen LogP contribution in [-0.4, -0.2) is 35.7 Å². The average Bonchev–Trinajstić information content (AvgIpc) is 3.35. The molecule has 0 saturated heterocycles. The highest BCUT2D eigenvalue weighted by molar-refractivity contribution is 7.12. The van der Waals surface area contributed by atoms with Crippen LogP contribution in [-0.2, 0) is 0 Å². The van der Waals surface area contributed by atoms with Gasteiger partial charge in [0.1, 0.15) is 11.2 Å². The lowest BCUT2D eigenvalue weighted by atomic mass is 10.2. The standard InChI is InChI=1S/C15H11N7OS/c23-15(14-13(4-7-24-14)22-10-17-19-20-22)18-11-2-1-3-12(8-11)21-6-5-16-9-21/h1-10H,(H,18,23). The Bertz CT molecular complexity index is 960. The number of nitrogens with zero attached hydrogens (tertiary/aromatic N) is 6. The molecule has 4 aromatic rings. The summed E-state index contributed by atoms with van der Waals surface area (Å²) < 4.78 is 3.33. The number of imidazole rings is 1. The Kier molecular flexibility index (Phi) is 3.60. The first-order valence-corrected chi connectivity index (χ1v) is 7.90. The zero-order valence-electron chi connectivity index (χ0n) is 12.3. The summed E-state index contributed by atoms with van der Waals surface area (Å²) in [6, 6.07) is 9.33. The molecule has 118 valence electrons. The first-order chi connectivity index (χ1) is 11.8. The van der Waals surface area contributed by atoms with E-state index in [9.17, 15) is 4.79 Å². The summed E-state index contributed by atoms with van der Waals surface area (Å²) in [5.41, 5.74) is 2.26. The van der Waals surface area contributed by atoms with Crippen molar-refractivity contribution >= 4 is 22.9 Å². The monoisotopic (exact) mass is 337 g/mol. The molecule has 8 nitrogen and oxygen atoms in total. The molecule has 0 aliphatic heterocycles. The highest BCUT2D eigenvalue weighted by atomic mass is 32.1. The van der Waals surface area contributed by atoms with Crippen LogP contribution >= 0.6 is 11.3 Å². The second-order valence-corrected chi connectivity index (χ2v) is 5.78. The van der Waals surface area contributed by atoms with Crippen molar-refractivity contribution in [1.82, 2.24) is 29.8 Å². The maximum atomic E-state index is 12.6. The number of hydrogen-bond donors (Lipinski definition) is 1. The molecule has 0 saturated carbocycles. The number of benzene rings is 1. The van der Waals surface area contributed by atoms with Crippen molar-refractivity contribution in [3.63, 3.8) is 0 Å². The molecule has 9 heteroatoms. The van der Waals surface area contributed by atoms with Crippen LogP contribution in [0.3, 0.4) is 0 Å². The Morgan fingerprint density at radius 1 is 1.21 bits per heavy atom. The highest BCUT2D eigenvalue weighted by Crippen LogP contribution is 2.22. The van der Waals surface area contributed by atoms with Crippen molar-refractivity contribution in [2.45, 2.75) is 0 Å². The molecule has 4 rings (SSSR count). The fraction of sp³-hybridized carbons (Fsp3) is 0. The summed E-state index contributed by atoms with van der Waals surface area (Å²) in [5, 5.41) is 15.8. The third-order valence-electron chi connectivity index (χ3n) is 3.35. The highest BCUT2D eigenvalue weighted by Gasteiger charge is 2.16. The summed E-state index contributed by atoms with van der Waals surface area (Å²) in [5.74, 6) is -0.210. The van der Waals surface area contributed by atoms with Crippen molar-refractivity contribution in [3.05, 3.63) is 65.6 Å². The molecule has 1 amide bonds. The van der Waals surface area contributed by atoms with Gasteiger partial charge in [-0.1, -0.05) is 6.07 Å². The van der Waals surface area contributed by atoms with Crippen LogP contribution in [0.15, 0.2) is 60.8 Å². The number of hydrogen-bond acceptors (Lipinski definition) is 6. The molecule has 1 N–H and O–H groups in total. The van der Waals surface area contributed by atoms with Crippen LogP contribution in [0.2, 0.25) is 0 Å². The molecule has 24 heavy (non-hydrogen) atoms. The normalized spacial score (nSPS) is 10.7. The summed E-state index contributed by atoms with van der Waals surface area (Å²) in [7, 11) is 0. The van der Waals surface area contributed by atoms with Gasteiger partial charge in [-0.2, -0.15) is 4.68 Å². The minimum atomic E-state index is -0.210. The van der Waals surface area contributed by atoms with E-state index >= 15 is 0 Å². The van der Waals surface area contributed by atoms with Crippen LogP contribution in [0.1, 0.15) is 9.67 Å². The number of rotatable bonds is 4. The van der Waals surface area contributed by atoms with E-state index < -0.39 is 0 Å². The van der Waals surface area contributed by atoms with Crippen molar-refractivity contribution < 1.29 is 4.79 Å². The molecular weight excluding hydrogens is 326 g/mol. The van der Waals surface area contributed by atoms with Crippen LogP contribution in [0.25, 0.3) is 11.4 Å². The molecular formula is C15H11N7OS. The van der Waals surface area contributed by atoms with Gasteiger partial charge in [0.25, 0.3) is 5.91 Å². The van der Waals surface area contributed by atoms with Gasteiger partial charge in [-0.15, -0.1) is 16.4 Å². The van der Waals surface area contributed by atoms with Crippen molar-refractivity contribution in [2.75, 3.05) is 5.32 Å². The van der Waals surface area contributed by atoms with Crippen molar-refractivity contribution in [1.29, 1.82) is 0 Å². The molecule has 3 heterocycles. The number of aromatic nitrogens is 6. The maximum Gasteiger partial charge on any atom is 0.267 e. The largest absolute Gasteiger partial charge is 0.321 e. The van der Waals surface area contributed by atoms with Gasteiger partial charge in [0, 0.05) is 23.8 Å². The smallest absolute Gasteiger partial charge is 0.267 e. The summed E-state index contributed by atoms with van der Waals surface area (Å²) in [6.45, 7) is 0. The Labute approximate surface area is 140 Å². The quantitative estimate of drug-likeness (QED) is 0.616. The Balaban J connectivity index is 1.60. The van der Waals surface area contributed by atoms with E-state index in [4.69, 9.17) is 0 Å². The van der Waals surface area contributed by atoms with E-state index in [0.717, 1.165) is 5.69 Å². The third-order valence-corrected chi connectivity index (χ3v) is 4.26. The number of anilines is 1. The predicted octanol–water partition coefficient (Wildman–Crippen LogP) is 2.16. The molecule has 1 aromatic carbocycles. The van der Waals surface area contributed by atoms with E-state index in [1.807, 2.05) is 40.4 Å². The summed E-state index contributed by atoms with van der Waals surface area (Å²) in [6.07, 6.45) is 6.71. The SMILES string of the molecule is O=C(Nc1cccc(-n2ccnc2)c1)c1sccc1-n1cnnn1. The molecule has 0 aliphatic rings. The lowest BCUT2D eigenvalue weighted by molar-refractivity contribution is 0.103. The van der Waals surface area contributed by atoms with Crippen LogP contribution in [0.4, 0.5) is 5.69 Å². The minimum Gasteiger partial charge on any atom is -0.321 e. The number of carbonyl (C=O) groups excluding carboxylic acids is 1. The van der Waals surface area contributed by atoms with Gasteiger partial charge in [-0.3, -0.25) is 4.79 Å². The summed E-state index contributed by atoms with van der Waals surface area (Å²) >= 11 is 1.33. The maximum absolute atomic E-state index is 12.6. The molecule has 0 atom stereocenters. The van der Waals surface area contributed by atoms with E-state index in [-0.39, 0.29) is 5.91 Å². The zero-order chi connectivity index (χ0) is 16.4. The lowest BCUT2D eigenvalue weighted by Crippen LogP contribution is -2.13. The van der Waals surface area contributed by atoms with Gasteiger partial charge in [0.05, 0.1) is 12.0 Å². The van der Waals surface area contributed by atoms with Gasteiger partial charge >= 0.3 is 0 Å². The van der Waals surface area contributed by atoms with Gasteiger partial charge in [-0.25, -0.2) is 4.98 Å². The first-order valence-electron chi connectivity index (χ1n) is 7.02. The van der Waals surface area contributed by atoms with E-state index in [1.165, 1.54) is 22.3 Å². The number of amides is 1. The minimum absolute atomic E-state index is 0.210. The van der Waals surface area contributed by atoms with Gasteiger partial charge < -0.3 is 9.88 Å². The zero-order valence-corrected chi connectivity index (χ0v) is 13.1. The molecule has 0 fully saturated rings. The molecule has 0 unspecified atom stereocenters. The first kappa shape index (κ1) is 14.3. The van der Waals surface area contributed by atoms with Crippen molar-refractivity contribution in [3.8, 4) is 11.4 Å². The van der Waals surface area contributed by atoms with Crippen LogP contribution < -0.4 is 5.32 Å². The van der Waals surface area contributed by atoms with Crippen LogP contribution in [0, 0.1) is 0 Å². The molecule has 0 spiro atoms. The summed E-state index contributed by atoms with van der Waals surface area (Å²) in [4.78, 5) is 17.2. The Hall–Kier alpha value is -3.33. The van der Waals surface area contributed by atoms with Crippen molar-refractivity contribution in [2.24, 2.45) is 0 Å². The Morgan fingerprint density at radius 3 is 2.96 bits per heavy atom. The van der Waals surface area contributed by atoms with E-state index in [2.05, 4.69) is 25.8 Å². The average molecular weight is 337 g/mol. The van der Waals surface area contributed by atoms with Gasteiger partial charge in [-0.05, 0) is 40.1 Å². The predicted molar refractivity (Wildman–Crippen MR) is 88.5 cm³/mol. The van der Waals surface area contributed by atoms with Gasteiger partial charge in [0.15, 0.2) is 0 Å². The molecule has 3 aromatic heterocycles. The third kappa shape index (κ3) is 2.68. The second kappa shape index (κ2) is 6.05. The lowest BCUT2D eigenvalue weighted by Gasteiger charge is -2.08. The molecule has 0 radical (unpaired) electrons.